The molecule has 0 aromatic heterocycles. The first-order valence-electron chi connectivity index (χ1n) is 30.3. The van der Waals surface area contributed by atoms with E-state index in [0.29, 0.717) is 12.8 Å². The van der Waals surface area contributed by atoms with Gasteiger partial charge in [-0.1, -0.05) is 266 Å². The monoisotopic (exact) mass is 1020 g/mol. The van der Waals surface area contributed by atoms with Crippen molar-refractivity contribution in [3.63, 3.8) is 0 Å². The smallest absolute Gasteiger partial charge is 0.220 e. The highest BCUT2D eigenvalue weighted by atomic mass is 16.7. The molecule has 7 atom stereocenters. The van der Waals surface area contributed by atoms with Crippen LogP contribution in [0, 0.1) is 0 Å². The van der Waals surface area contributed by atoms with Crippen molar-refractivity contribution in [1.82, 2.24) is 5.32 Å². The molecule has 6 N–H and O–H groups in total. The summed E-state index contributed by atoms with van der Waals surface area (Å²) >= 11 is 0. The van der Waals surface area contributed by atoms with Crippen LogP contribution in [0.25, 0.3) is 0 Å². The average molecular weight is 1020 g/mol. The van der Waals surface area contributed by atoms with Crippen molar-refractivity contribution < 1.29 is 39.8 Å². The van der Waals surface area contributed by atoms with Gasteiger partial charge in [0.05, 0.1) is 25.4 Å². The first-order chi connectivity index (χ1) is 35.8. The predicted octanol–water partition coefficient (Wildman–Crippen LogP) is 15.4. The van der Waals surface area contributed by atoms with Crippen LogP contribution in [0.3, 0.4) is 0 Å². The largest absolute Gasteiger partial charge is 0.394 e. The molecular weight excluding hydrogens is 911 g/mol. The number of nitrogens with one attached hydrogen (secondary N) is 1. The van der Waals surface area contributed by atoms with Gasteiger partial charge in [-0.15, -0.1) is 0 Å². The fraction of sp³-hybridized carbons (Fsp3) is 0.766. The lowest BCUT2D eigenvalue weighted by Gasteiger charge is -2.40. The standard InChI is InChI=1S/C64H113NO8/c1-3-5-7-9-11-13-14-15-16-17-18-19-20-21-22-23-24-25-26-27-28-29-30-31-32-33-34-35-36-37-38-39-40-41-42-43-44-46-48-50-52-54-60(68)65-57(58(67)53-51-49-47-45-12-10-8-6-4-2)56-72-64-63(71)62(70)61(69)59(55-66)73-64/h5,7,11,13,15-16,18-19,21-22,24-25,27-28,57-59,61-64,66-67,69-71H,3-4,6,8-10,12,14,17,20,23,26,29-56H2,1-2H3,(H,65,68)/b7-5-,13-11-,16-15-,19-18-,22-21-,25-24-,28-27-. The second-order valence-corrected chi connectivity index (χ2v) is 20.8. The third-order valence-corrected chi connectivity index (χ3v) is 14.0. The van der Waals surface area contributed by atoms with Gasteiger partial charge in [0.25, 0.3) is 0 Å². The van der Waals surface area contributed by atoms with Crippen molar-refractivity contribution in [2.45, 2.75) is 301 Å². The molecule has 0 aromatic carbocycles. The number of hydrogen-bond donors (Lipinski definition) is 6. The van der Waals surface area contributed by atoms with Crippen molar-refractivity contribution in [2.24, 2.45) is 0 Å². The topological polar surface area (TPSA) is 149 Å². The molecule has 9 nitrogen and oxygen atoms in total. The maximum atomic E-state index is 13.0. The summed E-state index contributed by atoms with van der Waals surface area (Å²) in [6.07, 6.45) is 68.0. The number of hydrogen-bond acceptors (Lipinski definition) is 8. The van der Waals surface area contributed by atoms with Crippen molar-refractivity contribution >= 4 is 5.91 Å². The van der Waals surface area contributed by atoms with E-state index in [2.05, 4.69) is 104 Å². The Kier molecular flexibility index (Phi) is 49.5. The quantitative estimate of drug-likeness (QED) is 0.0261. The minimum Gasteiger partial charge on any atom is -0.394 e. The maximum Gasteiger partial charge on any atom is 0.220 e. The van der Waals surface area contributed by atoms with E-state index >= 15 is 0 Å². The van der Waals surface area contributed by atoms with Crippen LogP contribution in [0.15, 0.2) is 85.1 Å². The number of rotatable bonds is 51. The van der Waals surface area contributed by atoms with Crippen LogP contribution < -0.4 is 5.32 Å². The van der Waals surface area contributed by atoms with Gasteiger partial charge < -0.3 is 40.3 Å². The minimum absolute atomic E-state index is 0.138. The lowest BCUT2D eigenvalue weighted by molar-refractivity contribution is -0.302. The summed E-state index contributed by atoms with van der Waals surface area (Å²) in [7, 11) is 0. The first kappa shape index (κ1) is 68.4. The van der Waals surface area contributed by atoms with Crippen LogP contribution in [-0.4, -0.2) is 87.5 Å². The van der Waals surface area contributed by atoms with Gasteiger partial charge in [0.2, 0.25) is 5.91 Å². The molecule has 1 fully saturated rings. The third-order valence-electron chi connectivity index (χ3n) is 14.0. The number of aliphatic hydroxyl groups is 5. The fourth-order valence-corrected chi connectivity index (χ4v) is 9.26. The van der Waals surface area contributed by atoms with Crippen molar-refractivity contribution in [3.05, 3.63) is 85.1 Å². The summed E-state index contributed by atoms with van der Waals surface area (Å²) in [5, 5.41) is 54.4. The highest BCUT2D eigenvalue weighted by molar-refractivity contribution is 5.76. The van der Waals surface area contributed by atoms with E-state index in [-0.39, 0.29) is 12.5 Å². The highest BCUT2D eigenvalue weighted by Gasteiger charge is 2.44. The van der Waals surface area contributed by atoms with Gasteiger partial charge >= 0.3 is 0 Å². The Hall–Kier alpha value is -2.63. The maximum absolute atomic E-state index is 13.0. The van der Waals surface area contributed by atoms with E-state index in [1.165, 1.54) is 148 Å². The molecule has 73 heavy (non-hydrogen) atoms. The van der Waals surface area contributed by atoms with Gasteiger partial charge in [-0.25, -0.2) is 0 Å². The van der Waals surface area contributed by atoms with E-state index in [1.807, 2.05) is 0 Å². The summed E-state index contributed by atoms with van der Waals surface area (Å²) in [4.78, 5) is 13.0. The fourth-order valence-electron chi connectivity index (χ4n) is 9.26. The minimum atomic E-state index is -1.55. The Bertz CT molecular complexity index is 1420. The number of ether oxygens (including phenoxy) is 2. The second-order valence-electron chi connectivity index (χ2n) is 20.8. The molecule has 1 rings (SSSR count). The number of unbranched alkanes of at least 4 members (excludes halogenated alkanes) is 27. The lowest BCUT2D eigenvalue weighted by atomic mass is 9.99. The Morgan fingerprint density at radius 1 is 0.479 bits per heavy atom. The molecule has 1 aliphatic rings. The first-order valence-corrected chi connectivity index (χ1v) is 30.3. The molecule has 422 valence electrons. The van der Waals surface area contributed by atoms with Gasteiger partial charge in [-0.2, -0.15) is 0 Å². The van der Waals surface area contributed by atoms with Crippen LogP contribution in [-0.2, 0) is 14.3 Å². The molecule has 7 unspecified atom stereocenters. The van der Waals surface area contributed by atoms with Crippen LogP contribution >= 0.6 is 0 Å². The summed E-state index contributed by atoms with van der Waals surface area (Å²) in [5.74, 6) is -0.146. The SMILES string of the molecule is CC/C=C\C/C=C\C/C=C\C/C=C\C/C=C\C/C=C\C/C=C\CCCCCCCCCCCCCCCCCCCCCC(=O)NC(COC1OC(CO)C(O)C(O)C1O)C(O)CCCCCCCCCCC. The number of amides is 1. The van der Waals surface area contributed by atoms with Gasteiger partial charge in [0, 0.05) is 6.42 Å². The Morgan fingerprint density at radius 2 is 0.849 bits per heavy atom. The molecule has 1 saturated heterocycles. The van der Waals surface area contributed by atoms with Crippen LogP contribution in [0.1, 0.15) is 258 Å². The zero-order valence-corrected chi connectivity index (χ0v) is 46.9. The van der Waals surface area contributed by atoms with Crippen molar-refractivity contribution in [1.29, 1.82) is 0 Å². The molecule has 1 heterocycles. The molecule has 0 spiro atoms. The van der Waals surface area contributed by atoms with Gasteiger partial charge in [0.15, 0.2) is 6.29 Å². The van der Waals surface area contributed by atoms with Gasteiger partial charge in [-0.05, 0) is 70.6 Å². The van der Waals surface area contributed by atoms with Crippen molar-refractivity contribution in [3.8, 4) is 0 Å². The zero-order valence-electron chi connectivity index (χ0n) is 46.9. The Labute approximate surface area is 448 Å². The van der Waals surface area contributed by atoms with Gasteiger partial charge in [0.1, 0.15) is 24.4 Å². The molecule has 0 bridgehead atoms. The van der Waals surface area contributed by atoms with Crippen LogP contribution in [0.4, 0.5) is 0 Å². The number of aliphatic hydroxyl groups excluding tert-OH is 5. The molecule has 0 aromatic rings. The number of carbonyl (C=O) groups is 1. The molecule has 0 aliphatic carbocycles. The molecular formula is C64H113NO8. The summed E-state index contributed by atoms with van der Waals surface area (Å²) < 4.78 is 11.3. The van der Waals surface area contributed by atoms with E-state index in [0.717, 1.165) is 83.5 Å². The van der Waals surface area contributed by atoms with E-state index < -0.39 is 49.5 Å². The molecule has 0 saturated carbocycles. The second kappa shape index (κ2) is 52.8. The summed E-state index contributed by atoms with van der Waals surface area (Å²) in [6.45, 7) is 3.70. The van der Waals surface area contributed by atoms with Crippen LogP contribution in [0.2, 0.25) is 0 Å². The Balaban J connectivity index is 2.01. The van der Waals surface area contributed by atoms with E-state index in [1.54, 1.807) is 0 Å². The highest BCUT2D eigenvalue weighted by Crippen LogP contribution is 2.23. The van der Waals surface area contributed by atoms with Gasteiger partial charge in [-0.3, -0.25) is 4.79 Å². The third kappa shape index (κ3) is 42.2. The predicted molar refractivity (Wildman–Crippen MR) is 308 cm³/mol. The Morgan fingerprint density at radius 3 is 1.26 bits per heavy atom. The van der Waals surface area contributed by atoms with E-state index in [4.69, 9.17) is 9.47 Å². The number of carbonyl (C=O) groups excluding carboxylic acids is 1. The molecule has 9 heteroatoms. The summed E-state index contributed by atoms with van der Waals surface area (Å²) in [5.41, 5.74) is 0. The molecule has 1 aliphatic heterocycles. The normalized spacial score (nSPS) is 19.7. The van der Waals surface area contributed by atoms with Crippen LogP contribution in [0.5, 0.6) is 0 Å². The molecule has 0 radical (unpaired) electrons. The number of allylic oxidation sites excluding steroid dienone is 14. The van der Waals surface area contributed by atoms with E-state index in [9.17, 15) is 30.3 Å². The zero-order chi connectivity index (χ0) is 52.9. The summed E-state index contributed by atoms with van der Waals surface area (Å²) in [6, 6.07) is -0.718. The van der Waals surface area contributed by atoms with Crippen molar-refractivity contribution in [2.75, 3.05) is 13.2 Å². The lowest BCUT2D eigenvalue weighted by Crippen LogP contribution is -2.60. The molecule has 1 amide bonds. The average Bonchev–Trinajstić information content (AvgIpc) is 3.39.